The van der Waals surface area contributed by atoms with Crippen LogP contribution in [0.3, 0.4) is 0 Å². The molecule has 2 atom stereocenters. The van der Waals surface area contributed by atoms with Gasteiger partial charge in [-0.05, 0) is 18.8 Å². The first-order chi connectivity index (χ1) is 4.34. The number of hydrogen-bond acceptors (Lipinski definition) is 1. The summed E-state index contributed by atoms with van der Waals surface area (Å²) in [6.07, 6.45) is 6.31. The van der Waals surface area contributed by atoms with Crippen LogP contribution in [0.25, 0.3) is 0 Å². The molecule has 0 aromatic carbocycles. The van der Waals surface area contributed by atoms with Gasteiger partial charge in [0.05, 0.1) is 12.0 Å². The molecule has 0 N–H and O–H groups in total. The fourth-order valence-electron chi connectivity index (χ4n) is 1.13. The van der Waals surface area contributed by atoms with Crippen LogP contribution in [0.4, 0.5) is 0 Å². The van der Waals surface area contributed by atoms with E-state index >= 15 is 0 Å². The van der Waals surface area contributed by atoms with Gasteiger partial charge in [-0.2, -0.15) is 5.26 Å². The van der Waals surface area contributed by atoms with Crippen molar-refractivity contribution in [2.45, 2.75) is 19.8 Å². The second-order valence-electron chi connectivity index (χ2n) is 2.66. The smallest absolute Gasteiger partial charge is 0.0661 e. The summed E-state index contributed by atoms with van der Waals surface area (Å²) in [6.45, 7) is 2.14. The molecule has 1 aliphatic rings. The van der Waals surface area contributed by atoms with Crippen molar-refractivity contribution in [2.75, 3.05) is 0 Å². The maximum absolute atomic E-state index is 8.58. The van der Waals surface area contributed by atoms with Gasteiger partial charge in [0.15, 0.2) is 0 Å². The van der Waals surface area contributed by atoms with Gasteiger partial charge >= 0.3 is 0 Å². The molecule has 1 aliphatic carbocycles. The van der Waals surface area contributed by atoms with E-state index < -0.39 is 0 Å². The molecule has 0 bridgehead atoms. The minimum atomic E-state index is 0.273. The number of nitriles is 1. The summed E-state index contributed by atoms with van der Waals surface area (Å²) in [7, 11) is 0. The van der Waals surface area contributed by atoms with Crippen molar-refractivity contribution in [3.8, 4) is 6.07 Å². The zero-order chi connectivity index (χ0) is 6.69. The molecule has 1 nitrogen and oxygen atoms in total. The van der Waals surface area contributed by atoms with Gasteiger partial charge in [-0.3, -0.25) is 0 Å². The van der Waals surface area contributed by atoms with Crippen molar-refractivity contribution < 1.29 is 0 Å². The predicted octanol–water partition coefficient (Wildman–Crippen LogP) is 2.11. The van der Waals surface area contributed by atoms with Gasteiger partial charge in [0, 0.05) is 0 Å². The largest absolute Gasteiger partial charge is 0.198 e. The minimum absolute atomic E-state index is 0.273. The Hall–Kier alpha value is -0.770. The van der Waals surface area contributed by atoms with E-state index in [-0.39, 0.29) is 5.92 Å². The van der Waals surface area contributed by atoms with Crippen LogP contribution in [0.2, 0.25) is 0 Å². The molecule has 0 fully saturated rings. The van der Waals surface area contributed by atoms with Gasteiger partial charge < -0.3 is 0 Å². The lowest BCUT2D eigenvalue weighted by Crippen LogP contribution is -2.10. The topological polar surface area (TPSA) is 23.8 Å². The molecule has 0 amide bonds. The van der Waals surface area contributed by atoms with Gasteiger partial charge in [0.25, 0.3) is 0 Å². The molecule has 0 saturated heterocycles. The summed E-state index contributed by atoms with van der Waals surface area (Å²) in [4.78, 5) is 0. The maximum atomic E-state index is 8.58. The minimum Gasteiger partial charge on any atom is -0.198 e. The summed E-state index contributed by atoms with van der Waals surface area (Å²) in [5, 5.41) is 8.58. The summed E-state index contributed by atoms with van der Waals surface area (Å²) in [6, 6.07) is 2.30. The van der Waals surface area contributed by atoms with Gasteiger partial charge in [-0.25, -0.2) is 0 Å². The van der Waals surface area contributed by atoms with Gasteiger partial charge in [-0.1, -0.05) is 19.1 Å². The highest BCUT2D eigenvalue weighted by atomic mass is 14.3. The van der Waals surface area contributed by atoms with E-state index in [1.54, 1.807) is 0 Å². The van der Waals surface area contributed by atoms with Crippen LogP contribution >= 0.6 is 0 Å². The molecule has 48 valence electrons. The standard InChI is InChI=1S/C8H11N/c1-7-4-2-3-5-8(7)6-9/h2-3,7-8H,4-5H2,1H3/t7-,8?/m1/s1. The Bertz CT molecular complexity index is 152. The average molecular weight is 121 g/mol. The SMILES string of the molecule is C[C@@H]1CC=CCC1C#N. The van der Waals surface area contributed by atoms with Crippen LogP contribution < -0.4 is 0 Å². The molecule has 1 rings (SSSR count). The molecule has 0 spiro atoms. The average Bonchev–Trinajstić information content (AvgIpc) is 1.89. The lowest BCUT2D eigenvalue weighted by molar-refractivity contribution is 0.429. The van der Waals surface area contributed by atoms with E-state index in [9.17, 15) is 0 Å². The highest BCUT2D eigenvalue weighted by Gasteiger charge is 2.16. The van der Waals surface area contributed by atoms with Gasteiger partial charge in [0.2, 0.25) is 0 Å². The van der Waals surface area contributed by atoms with Crippen molar-refractivity contribution in [1.29, 1.82) is 5.26 Å². The van der Waals surface area contributed by atoms with Crippen molar-refractivity contribution in [3.05, 3.63) is 12.2 Å². The van der Waals surface area contributed by atoms with E-state index in [0.717, 1.165) is 12.8 Å². The molecule has 0 radical (unpaired) electrons. The molecule has 0 aromatic heterocycles. The van der Waals surface area contributed by atoms with Gasteiger partial charge in [-0.15, -0.1) is 0 Å². The van der Waals surface area contributed by atoms with Crippen LogP contribution in [-0.4, -0.2) is 0 Å². The Kier molecular flexibility index (Phi) is 1.89. The van der Waals surface area contributed by atoms with Crippen LogP contribution in [0.15, 0.2) is 12.2 Å². The number of rotatable bonds is 0. The number of hydrogen-bond donors (Lipinski definition) is 0. The van der Waals surface area contributed by atoms with Crippen LogP contribution in [0.1, 0.15) is 19.8 Å². The van der Waals surface area contributed by atoms with E-state index in [1.165, 1.54) is 0 Å². The van der Waals surface area contributed by atoms with E-state index in [2.05, 4.69) is 25.1 Å². The van der Waals surface area contributed by atoms with Crippen LogP contribution in [0.5, 0.6) is 0 Å². The molecular weight excluding hydrogens is 110 g/mol. The van der Waals surface area contributed by atoms with E-state index in [1.807, 2.05) is 0 Å². The number of allylic oxidation sites excluding steroid dienone is 2. The fraction of sp³-hybridized carbons (Fsp3) is 0.625. The van der Waals surface area contributed by atoms with Crippen LogP contribution in [-0.2, 0) is 0 Å². The van der Waals surface area contributed by atoms with E-state index in [0.29, 0.717) is 5.92 Å². The Morgan fingerprint density at radius 2 is 2.11 bits per heavy atom. The molecule has 0 heterocycles. The molecule has 0 aliphatic heterocycles. The Labute approximate surface area is 56.0 Å². The highest BCUT2D eigenvalue weighted by Crippen LogP contribution is 2.23. The Balaban J connectivity index is 2.55. The molecule has 9 heavy (non-hydrogen) atoms. The lowest BCUT2D eigenvalue weighted by atomic mass is 9.86. The third kappa shape index (κ3) is 1.32. The zero-order valence-corrected chi connectivity index (χ0v) is 5.67. The fourth-order valence-corrected chi connectivity index (χ4v) is 1.13. The summed E-state index contributed by atoms with van der Waals surface area (Å²) in [5.41, 5.74) is 0. The molecule has 0 saturated carbocycles. The highest BCUT2D eigenvalue weighted by molar-refractivity contribution is 5.00. The third-order valence-corrected chi connectivity index (χ3v) is 1.92. The first-order valence-corrected chi connectivity index (χ1v) is 3.39. The lowest BCUT2D eigenvalue weighted by Gasteiger charge is -2.17. The van der Waals surface area contributed by atoms with Crippen molar-refractivity contribution >= 4 is 0 Å². The van der Waals surface area contributed by atoms with Crippen molar-refractivity contribution in [3.63, 3.8) is 0 Å². The van der Waals surface area contributed by atoms with Crippen molar-refractivity contribution in [2.24, 2.45) is 11.8 Å². The third-order valence-electron chi connectivity index (χ3n) is 1.92. The normalized spacial score (nSPS) is 33.8. The van der Waals surface area contributed by atoms with Crippen molar-refractivity contribution in [1.82, 2.24) is 0 Å². The van der Waals surface area contributed by atoms with Gasteiger partial charge in [0.1, 0.15) is 0 Å². The zero-order valence-electron chi connectivity index (χ0n) is 5.67. The molecular formula is C8H11N. The first kappa shape index (κ1) is 6.35. The first-order valence-electron chi connectivity index (χ1n) is 3.39. The van der Waals surface area contributed by atoms with E-state index in [4.69, 9.17) is 5.26 Å². The quantitative estimate of drug-likeness (QED) is 0.450. The Morgan fingerprint density at radius 1 is 1.44 bits per heavy atom. The monoisotopic (exact) mass is 121 g/mol. The Morgan fingerprint density at radius 3 is 2.56 bits per heavy atom. The molecule has 1 heteroatoms. The second kappa shape index (κ2) is 2.68. The summed E-state index contributed by atoms with van der Waals surface area (Å²) in [5.74, 6) is 0.843. The summed E-state index contributed by atoms with van der Waals surface area (Å²) < 4.78 is 0. The molecule has 1 unspecified atom stereocenters. The number of nitrogens with zero attached hydrogens (tertiary/aromatic N) is 1. The molecule has 0 aromatic rings. The summed E-state index contributed by atoms with van der Waals surface area (Å²) >= 11 is 0. The predicted molar refractivity (Wildman–Crippen MR) is 36.6 cm³/mol. The van der Waals surface area contributed by atoms with Crippen LogP contribution in [0, 0.1) is 23.2 Å². The maximum Gasteiger partial charge on any atom is 0.0661 e. The second-order valence-corrected chi connectivity index (χ2v) is 2.66.